The van der Waals surface area contributed by atoms with E-state index in [9.17, 15) is 8.42 Å². The molecule has 0 saturated carbocycles. The van der Waals surface area contributed by atoms with Crippen LogP contribution in [0, 0.1) is 5.92 Å². The molecule has 0 bridgehead atoms. The summed E-state index contributed by atoms with van der Waals surface area (Å²) >= 11 is 4.39. The minimum absolute atomic E-state index is 0.0862. The molecule has 0 spiro atoms. The Morgan fingerprint density at radius 1 is 1.59 bits per heavy atom. The lowest BCUT2D eigenvalue weighted by Crippen LogP contribution is -2.29. The number of aliphatic hydroxyl groups excluding tert-OH is 1. The Balaban J connectivity index is 2.65. The van der Waals surface area contributed by atoms with Crippen LogP contribution in [0.5, 0.6) is 0 Å². The average molecular weight is 342 g/mol. The van der Waals surface area contributed by atoms with E-state index in [-0.39, 0.29) is 12.5 Å². The van der Waals surface area contributed by atoms with E-state index in [1.165, 1.54) is 11.3 Å². The molecule has 0 aromatic carbocycles. The number of rotatable bonds is 7. The zero-order valence-electron chi connectivity index (χ0n) is 9.52. The van der Waals surface area contributed by atoms with E-state index in [4.69, 9.17) is 5.11 Å². The number of hydrogen-bond acceptors (Lipinski definition) is 4. The van der Waals surface area contributed by atoms with Crippen LogP contribution in [-0.4, -0.2) is 26.7 Å². The molecular weight excluding hydrogens is 326 g/mol. The third kappa shape index (κ3) is 4.33. The van der Waals surface area contributed by atoms with Crippen molar-refractivity contribution in [1.82, 2.24) is 4.72 Å². The van der Waals surface area contributed by atoms with Crippen molar-refractivity contribution in [3.63, 3.8) is 0 Å². The molecule has 1 aromatic rings. The molecule has 1 unspecified atom stereocenters. The van der Waals surface area contributed by atoms with Gasteiger partial charge in [-0.1, -0.05) is 13.3 Å². The van der Waals surface area contributed by atoms with Crippen molar-refractivity contribution in [3.05, 3.63) is 15.9 Å². The highest BCUT2D eigenvalue weighted by Gasteiger charge is 2.20. The Morgan fingerprint density at radius 3 is 2.76 bits per heavy atom. The number of hydrogen-bond donors (Lipinski definition) is 2. The van der Waals surface area contributed by atoms with Gasteiger partial charge in [-0.05, 0) is 39.7 Å². The second-order valence-electron chi connectivity index (χ2n) is 3.69. The summed E-state index contributed by atoms with van der Waals surface area (Å²) in [5, 5.41) is 10.6. The Kier molecular flexibility index (Phi) is 6.08. The quantitative estimate of drug-likeness (QED) is 0.798. The minimum atomic E-state index is -3.43. The van der Waals surface area contributed by atoms with Gasteiger partial charge in [0.05, 0.1) is 0 Å². The van der Waals surface area contributed by atoms with Crippen LogP contribution in [0.3, 0.4) is 0 Å². The van der Waals surface area contributed by atoms with Crippen LogP contribution < -0.4 is 4.72 Å². The third-order valence-corrected chi connectivity index (χ3v) is 6.60. The molecule has 98 valence electrons. The molecule has 0 fully saturated rings. The standard InChI is InChI=1S/C10H16BrNO3S2/c1-2-8(3-5-13)7-12-17(14,15)10-9(11)4-6-16-10/h4,6,8,12-13H,2-3,5,7H2,1H3. The van der Waals surface area contributed by atoms with Crippen molar-refractivity contribution in [3.8, 4) is 0 Å². The summed E-state index contributed by atoms with van der Waals surface area (Å²) in [4.78, 5) is 0. The van der Waals surface area contributed by atoms with E-state index in [2.05, 4.69) is 20.7 Å². The molecule has 0 aliphatic rings. The third-order valence-electron chi connectivity index (χ3n) is 2.51. The molecule has 17 heavy (non-hydrogen) atoms. The molecule has 1 atom stereocenters. The van der Waals surface area contributed by atoms with E-state index in [1.54, 1.807) is 11.4 Å². The highest BCUT2D eigenvalue weighted by molar-refractivity contribution is 9.10. The molecule has 4 nitrogen and oxygen atoms in total. The van der Waals surface area contributed by atoms with Gasteiger partial charge in [-0.3, -0.25) is 0 Å². The largest absolute Gasteiger partial charge is 0.396 e. The first-order chi connectivity index (χ1) is 8.01. The van der Waals surface area contributed by atoms with Crippen LogP contribution in [0.25, 0.3) is 0 Å². The maximum Gasteiger partial charge on any atom is 0.251 e. The van der Waals surface area contributed by atoms with Gasteiger partial charge >= 0.3 is 0 Å². The van der Waals surface area contributed by atoms with E-state index >= 15 is 0 Å². The average Bonchev–Trinajstić information content (AvgIpc) is 2.71. The van der Waals surface area contributed by atoms with Gasteiger partial charge in [0.25, 0.3) is 10.0 Å². The van der Waals surface area contributed by atoms with Crippen molar-refractivity contribution in [2.45, 2.75) is 24.0 Å². The first-order valence-corrected chi connectivity index (χ1v) is 8.50. The fourth-order valence-electron chi connectivity index (χ4n) is 1.40. The summed E-state index contributed by atoms with van der Waals surface area (Å²) in [6.45, 7) is 2.43. The summed E-state index contributed by atoms with van der Waals surface area (Å²) < 4.78 is 27.4. The summed E-state index contributed by atoms with van der Waals surface area (Å²) in [7, 11) is -3.43. The van der Waals surface area contributed by atoms with E-state index < -0.39 is 10.0 Å². The van der Waals surface area contributed by atoms with Crippen LogP contribution >= 0.6 is 27.3 Å². The van der Waals surface area contributed by atoms with Crippen molar-refractivity contribution in [1.29, 1.82) is 0 Å². The second kappa shape index (κ2) is 6.84. The second-order valence-corrected chi connectivity index (χ2v) is 7.43. The molecule has 1 rings (SSSR count). The normalized spacial score (nSPS) is 13.8. The number of thiophene rings is 1. The molecule has 1 heterocycles. The summed E-state index contributed by atoms with van der Waals surface area (Å²) in [5.74, 6) is 0.175. The van der Waals surface area contributed by atoms with Gasteiger partial charge in [0, 0.05) is 17.6 Å². The molecule has 2 N–H and O–H groups in total. The molecule has 0 amide bonds. The maximum atomic E-state index is 11.9. The summed E-state index contributed by atoms with van der Waals surface area (Å²) in [5.41, 5.74) is 0. The lowest BCUT2D eigenvalue weighted by molar-refractivity contribution is 0.254. The lowest BCUT2D eigenvalue weighted by atomic mass is 10.0. The molecule has 0 aliphatic heterocycles. The molecule has 0 saturated heterocycles. The minimum Gasteiger partial charge on any atom is -0.396 e. The topological polar surface area (TPSA) is 66.4 Å². The van der Waals surface area contributed by atoms with E-state index in [0.29, 0.717) is 21.6 Å². The van der Waals surface area contributed by atoms with Gasteiger partial charge in [0.15, 0.2) is 0 Å². The monoisotopic (exact) mass is 341 g/mol. The predicted molar refractivity (Wildman–Crippen MR) is 72.7 cm³/mol. The van der Waals surface area contributed by atoms with Gasteiger partial charge < -0.3 is 5.11 Å². The van der Waals surface area contributed by atoms with E-state index in [1.807, 2.05) is 6.92 Å². The Labute approximate surface area is 114 Å². The van der Waals surface area contributed by atoms with Crippen molar-refractivity contribution >= 4 is 37.3 Å². The first-order valence-electron chi connectivity index (χ1n) is 5.34. The van der Waals surface area contributed by atoms with Crippen molar-refractivity contribution < 1.29 is 13.5 Å². The van der Waals surface area contributed by atoms with Crippen LogP contribution in [0.4, 0.5) is 0 Å². The van der Waals surface area contributed by atoms with Crippen LogP contribution in [0.2, 0.25) is 0 Å². The zero-order valence-corrected chi connectivity index (χ0v) is 12.7. The summed E-state index contributed by atoms with van der Waals surface area (Å²) in [6, 6.07) is 1.71. The number of halogens is 1. The first kappa shape index (κ1) is 15.1. The van der Waals surface area contributed by atoms with Gasteiger partial charge in [0.1, 0.15) is 4.21 Å². The molecule has 7 heteroatoms. The maximum absolute atomic E-state index is 11.9. The summed E-state index contributed by atoms with van der Waals surface area (Å²) in [6.07, 6.45) is 1.46. The lowest BCUT2D eigenvalue weighted by Gasteiger charge is -2.14. The Bertz CT molecular complexity index is 444. The number of nitrogens with one attached hydrogen (secondary N) is 1. The smallest absolute Gasteiger partial charge is 0.251 e. The molecule has 0 radical (unpaired) electrons. The fourth-order valence-corrected chi connectivity index (χ4v) is 4.89. The zero-order chi connectivity index (χ0) is 12.9. The van der Waals surface area contributed by atoms with E-state index in [0.717, 1.165) is 6.42 Å². The van der Waals surface area contributed by atoms with Crippen molar-refractivity contribution in [2.24, 2.45) is 5.92 Å². The number of aliphatic hydroxyl groups is 1. The van der Waals surface area contributed by atoms with Gasteiger partial charge in [-0.25, -0.2) is 13.1 Å². The fraction of sp³-hybridized carbons (Fsp3) is 0.600. The Morgan fingerprint density at radius 2 is 2.29 bits per heavy atom. The highest BCUT2D eigenvalue weighted by atomic mass is 79.9. The molecular formula is C10H16BrNO3S2. The molecule has 1 aromatic heterocycles. The van der Waals surface area contributed by atoms with Crippen LogP contribution in [0.1, 0.15) is 19.8 Å². The number of sulfonamides is 1. The molecule has 0 aliphatic carbocycles. The van der Waals surface area contributed by atoms with Crippen LogP contribution in [-0.2, 0) is 10.0 Å². The Hall–Kier alpha value is 0.0500. The van der Waals surface area contributed by atoms with Gasteiger partial charge in [-0.2, -0.15) is 0 Å². The van der Waals surface area contributed by atoms with Gasteiger partial charge in [0.2, 0.25) is 0 Å². The SMILES string of the molecule is CCC(CCO)CNS(=O)(=O)c1sccc1Br. The predicted octanol–water partition coefficient (Wildman–Crippen LogP) is 2.20. The highest BCUT2D eigenvalue weighted by Crippen LogP contribution is 2.27. The van der Waals surface area contributed by atoms with Crippen molar-refractivity contribution in [2.75, 3.05) is 13.2 Å². The van der Waals surface area contributed by atoms with Crippen LogP contribution in [0.15, 0.2) is 20.1 Å². The van der Waals surface area contributed by atoms with Gasteiger partial charge in [-0.15, -0.1) is 11.3 Å².